The molecule has 80 valence electrons. The third-order valence-corrected chi connectivity index (χ3v) is 2.34. The topological polar surface area (TPSA) is 58.9 Å². The van der Waals surface area contributed by atoms with Gasteiger partial charge in [0.05, 0.1) is 13.7 Å². The Bertz CT molecular complexity index is 245. The quantitative estimate of drug-likeness (QED) is 0.646. The van der Waals surface area contributed by atoms with Gasteiger partial charge in [0.2, 0.25) is 0 Å². The van der Waals surface area contributed by atoms with Gasteiger partial charge in [0, 0.05) is 13.0 Å². The van der Waals surface area contributed by atoms with E-state index in [2.05, 4.69) is 0 Å². The van der Waals surface area contributed by atoms with Crippen LogP contribution in [0.1, 0.15) is 6.42 Å². The summed E-state index contributed by atoms with van der Waals surface area (Å²) in [6.45, 7) is -0.0551. The van der Waals surface area contributed by atoms with Gasteiger partial charge >= 0.3 is 0 Å². The highest BCUT2D eigenvalue weighted by Gasteiger charge is 2.22. The Balaban J connectivity index is 2.71. The van der Waals surface area contributed by atoms with Gasteiger partial charge in [0.15, 0.2) is 6.29 Å². The number of allylic oxidation sites excluding steroid dienone is 1. The van der Waals surface area contributed by atoms with E-state index in [1.54, 1.807) is 13.2 Å². The van der Waals surface area contributed by atoms with E-state index in [9.17, 15) is 5.11 Å². The lowest BCUT2D eigenvalue weighted by Gasteiger charge is -2.23. The zero-order chi connectivity index (χ0) is 10.6. The lowest BCUT2D eigenvalue weighted by Crippen LogP contribution is -2.23. The Kier molecular flexibility index (Phi) is 4.13. The molecule has 0 aromatic carbocycles. The molecule has 0 heterocycles. The number of hydrogen-bond donors (Lipinski definition) is 2. The van der Waals surface area contributed by atoms with Crippen molar-refractivity contribution in [2.45, 2.75) is 12.7 Å². The van der Waals surface area contributed by atoms with E-state index in [-0.39, 0.29) is 12.5 Å². The molecule has 14 heavy (non-hydrogen) atoms. The first-order valence-corrected chi connectivity index (χ1v) is 4.48. The summed E-state index contributed by atoms with van der Waals surface area (Å²) in [4.78, 5) is 0. The van der Waals surface area contributed by atoms with Crippen molar-refractivity contribution in [3.05, 3.63) is 23.5 Å². The molecule has 0 unspecified atom stereocenters. The SMILES string of the molecule is COC1=C(CO)C[C@H]([C@H](O)OC)C=C1. The standard InChI is InChI=1S/C10H16O4/c1-13-9-4-3-7(10(12)14-2)5-8(9)6-11/h3-4,7,10-12H,5-6H2,1-2H3/t7-,10-/m1/s1. The summed E-state index contributed by atoms with van der Waals surface area (Å²) in [5.41, 5.74) is 0.788. The minimum absolute atomic E-state index is 0.0551. The van der Waals surface area contributed by atoms with Crippen LogP contribution in [0.3, 0.4) is 0 Å². The molecule has 2 atom stereocenters. The highest BCUT2D eigenvalue weighted by molar-refractivity contribution is 5.26. The molecular formula is C10H16O4. The fraction of sp³-hybridized carbons (Fsp3) is 0.600. The van der Waals surface area contributed by atoms with Gasteiger partial charge in [0.25, 0.3) is 0 Å². The first-order valence-electron chi connectivity index (χ1n) is 4.48. The Morgan fingerprint density at radius 2 is 2.29 bits per heavy atom. The average Bonchev–Trinajstić information content (AvgIpc) is 2.26. The van der Waals surface area contributed by atoms with Crippen LogP contribution in [0.15, 0.2) is 23.5 Å². The molecule has 0 aromatic rings. The summed E-state index contributed by atoms with van der Waals surface area (Å²) in [7, 11) is 3.01. The van der Waals surface area contributed by atoms with Crippen molar-refractivity contribution in [3.8, 4) is 0 Å². The molecular weight excluding hydrogens is 184 g/mol. The maximum absolute atomic E-state index is 9.44. The molecule has 0 saturated carbocycles. The fourth-order valence-corrected chi connectivity index (χ4v) is 1.51. The minimum Gasteiger partial charge on any atom is -0.497 e. The molecule has 0 spiro atoms. The Morgan fingerprint density at radius 1 is 1.57 bits per heavy atom. The third-order valence-electron chi connectivity index (χ3n) is 2.34. The van der Waals surface area contributed by atoms with Crippen LogP contribution in [-0.4, -0.2) is 37.3 Å². The van der Waals surface area contributed by atoms with Crippen LogP contribution < -0.4 is 0 Å². The predicted octanol–water partition coefficient (Wildman–Crippen LogP) is 0.420. The van der Waals surface area contributed by atoms with Crippen molar-refractivity contribution in [1.29, 1.82) is 0 Å². The smallest absolute Gasteiger partial charge is 0.160 e. The summed E-state index contributed by atoms with van der Waals surface area (Å²) in [5.74, 6) is 0.563. The van der Waals surface area contributed by atoms with Gasteiger partial charge in [-0.3, -0.25) is 0 Å². The average molecular weight is 200 g/mol. The van der Waals surface area contributed by atoms with E-state index in [1.807, 2.05) is 6.08 Å². The molecule has 0 fully saturated rings. The first kappa shape index (κ1) is 11.2. The van der Waals surface area contributed by atoms with E-state index in [0.717, 1.165) is 5.57 Å². The van der Waals surface area contributed by atoms with Crippen LogP contribution in [0.5, 0.6) is 0 Å². The zero-order valence-electron chi connectivity index (χ0n) is 8.43. The summed E-state index contributed by atoms with van der Waals surface area (Å²) in [6, 6.07) is 0. The second-order valence-corrected chi connectivity index (χ2v) is 3.18. The fourth-order valence-electron chi connectivity index (χ4n) is 1.51. The number of ether oxygens (including phenoxy) is 2. The molecule has 1 aliphatic rings. The van der Waals surface area contributed by atoms with Crippen LogP contribution >= 0.6 is 0 Å². The molecule has 4 heteroatoms. The van der Waals surface area contributed by atoms with Gasteiger partial charge in [0.1, 0.15) is 5.76 Å². The maximum atomic E-state index is 9.44. The van der Waals surface area contributed by atoms with Gasteiger partial charge < -0.3 is 19.7 Å². The monoisotopic (exact) mass is 200 g/mol. The molecule has 2 N–H and O–H groups in total. The second-order valence-electron chi connectivity index (χ2n) is 3.18. The van der Waals surface area contributed by atoms with Gasteiger partial charge in [-0.1, -0.05) is 6.08 Å². The number of methoxy groups -OCH3 is 2. The summed E-state index contributed by atoms with van der Waals surface area (Å²) >= 11 is 0. The summed E-state index contributed by atoms with van der Waals surface area (Å²) in [6.07, 6.45) is 3.31. The second kappa shape index (κ2) is 5.14. The van der Waals surface area contributed by atoms with E-state index >= 15 is 0 Å². The van der Waals surface area contributed by atoms with Crippen molar-refractivity contribution in [2.75, 3.05) is 20.8 Å². The van der Waals surface area contributed by atoms with E-state index < -0.39 is 6.29 Å². The van der Waals surface area contributed by atoms with Gasteiger partial charge in [-0.2, -0.15) is 0 Å². The van der Waals surface area contributed by atoms with Crippen LogP contribution in [0.4, 0.5) is 0 Å². The molecule has 0 aromatic heterocycles. The van der Waals surface area contributed by atoms with Crippen LogP contribution in [0.25, 0.3) is 0 Å². The lowest BCUT2D eigenvalue weighted by molar-refractivity contribution is -0.101. The number of hydrogen-bond acceptors (Lipinski definition) is 4. The molecule has 0 aliphatic heterocycles. The first-order chi connectivity index (χ1) is 6.72. The van der Waals surface area contributed by atoms with Crippen LogP contribution in [0, 0.1) is 5.92 Å². The maximum Gasteiger partial charge on any atom is 0.160 e. The summed E-state index contributed by atoms with van der Waals surface area (Å²) < 4.78 is 9.88. The molecule has 1 rings (SSSR count). The van der Waals surface area contributed by atoms with Gasteiger partial charge in [-0.05, 0) is 18.1 Å². The molecule has 4 nitrogen and oxygen atoms in total. The number of aliphatic hydroxyl groups excluding tert-OH is 2. The number of aliphatic hydroxyl groups is 2. The normalized spacial score (nSPS) is 23.9. The van der Waals surface area contributed by atoms with E-state index in [4.69, 9.17) is 14.6 Å². The highest BCUT2D eigenvalue weighted by Crippen LogP contribution is 2.26. The molecule has 0 saturated heterocycles. The zero-order valence-corrected chi connectivity index (χ0v) is 8.43. The van der Waals surface area contributed by atoms with Gasteiger partial charge in [-0.15, -0.1) is 0 Å². The minimum atomic E-state index is -0.828. The predicted molar refractivity (Wildman–Crippen MR) is 51.4 cm³/mol. The Labute approximate surface area is 83.5 Å². The van der Waals surface area contributed by atoms with Crippen molar-refractivity contribution in [1.82, 2.24) is 0 Å². The van der Waals surface area contributed by atoms with Gasteiger partial charge in [-0.25, -0.2) is 0 Å². The van der Waals surface area contributed by atoms with Crippen molar-refractivity contribution < 1.29 is 19.7 Å². The van der Waals surface area contributed by atoms with Crippen LogP contribution in [-0.2, 0) is 9.47 Å². The van der Waals surface area contributed by atoms with E-state index in [1.165, 1.54) is 7.11 Å². The van der Waals surface area contributed by atoms with Crippen molar-refractivity contribution >= 4 is 0 Å². The molecule has 1 aliphatic carbocycles. The van der Waals surface area contributed by atoms with Crippen LogP contribution in [0.2, 0.25) is 0 Å². The Hall–Kier alpha value is -0.840. The van der Waals surface area contributed by atoms with E-state index in [0.29, 0.717) is 12.2 Å². The summed E-state index contributed by atoms with van der Waals surface area (Å²) in [5, 5.41) is 18.5. The highest BCUT2D eigenvalue weighted by atomic mass is 16.6. The number of rotatable bonds is 4. The Morgan fingerprint density at radius 3 is 2.79 bits per heavy atom. The molecule has 0 amide bonds. The van der Waals surface area contributed by atoms with Crippen molar-refractivity contribution in [2.24, 2.45) is 5.92 Å². The largest absolute Gasteiger partial charge is 0.497 e. The molecule has 0 radical (unpaired) electrons. The lowest BCUT2D eigenvalue weighted by atomic mass is 9.93. The van der Waals surface area contributed by atoms with Crippen molar-refractivity contribution in [3.63, 3.8) is 0 Å². The third kappa shape index (κ3) is 2.35. The molecule has 0 bridgehead atoms.